The van der Waals surface area contributed by atoms with Crippen LogP contribution in [0.3, 0.4) is 0 Å². The molecule has 0 aliphatic carbocycles. The van der Waals surface area contributed by atoms with E-state index in [1.165, 1.54) is 0 Å². The molecule has 4 nitrogen and oxygen atoms in total. The van der Waals surface area contributed by atoms with Gasteiger partial charge in [0.15, 0.2) is 0 Å². The van der Waals surface area contributed by atoms with Gasteiger partial charge in [-0.15, -0.1) is 0 Å². The summed E-state index contributed by atoms with van der Waals surface area (Å²) in [5.41, 5.74) is 1.02. The standard InChI is InChI=1S/C17H22NO3P/c1-14(2)20-22(19,21-17-12-8-5-9-13-17)18-15(3)16-10-6-4-7-11-16/h4-15H,1-3H3,(H,18,19). The third kappa shape index (κ3) is 4.99. The minimum Gasteiger partial charge on any atom is -0.413 e. The summed E-state index contributed by atoms with van der Waals surface area (Å²) in [6.07, 6.45) is -0.218. The van der Waals surface area contributed by atoms with E-state index < -0.39 is 7.75 Å². The largest absolute Gasteiger partial charge is 0.459 e. The molecule has 2 unspecified atom stereocenters. The molecule has 0 heterocycles. The van der Waals surface area contributed by atoms with Gasteiger partial charge in [0, 0.05) is 6.04 Å². The first-order valence-corrected chi connectivity index (χ1v) is 8.88. The van der Waals surface area contributed by atoms with Crippen molar-refractivity contribution in [1.82, 2.24) is 5.09 Å². The summed E-state index contributed by atoms with van der Waals surface area (Å²) in [4.78, 5) is 0. The maximum atomic E-state index is 13.0. The zero-order chi connectivity index (χ0) is 16.0. The van der Waals surface area contributed by atoms with Crippen molar-refractivity contribution >= 4 is 7.75 Å². The average Bonchev–Trinajstić information content (AvgIpc) is 2.47. The highest BCUT2D eigenvalue weighted by Crippen LogP contribution is 2.47. The Labute approximate surface area is 132 Å². The van der Waals surface area contributed by atoms with Gasteiger partial charge in [-0.3, -0.25) is 4.52 Å². The number of nitrogens with one attached hydrogen (secondary N) is 1. The van der Waals surface area contributed by atoms with Crippen LogP contribution in [0.5, 0.6) is 5.75 Å². The zero-order valence-electron chi connectivity index (χ0n) is 13.1. The van der Waals surface area contributed by atoms with Crippen LogP contribution in [0.25, 0.3) is 0 Å². The Bertz CT molecular complexity index is 616. The minimum atomic E-state index is -3.47. The van der Waals surface area contributed by atoms with Crippen molar-refractivity contribution < 1.29 is 13.6 Å². The van der Waals surface area contributed by atoms with E-state index in [4.69, 9.17) is 9.05 Å². The van der Waals surface area contributed by atoms with Gasteiger partial charge in [0.1, 0.15) is 5.75 Å². The Morgan fingerprint density at radius 3 is 2.00 bits per heavy atom. The number of hydrogen-bond acceptors (Lipinski definition) is 3. The van der Waals surface area contributed by atoms with E-state index in [2.05, 4.69) is 5.09 Å². The van der Waals surface area contributed by atoms with Gasteiger partial charge < -0.3 is 4.52 Å². The third-order valence-corrected chi connectivity index (χ3v) is 4.82. The average molecular weight is 319 g/mol. The second-order valence-corrected chi connectivity index (χ2v) is 6.96. The first-order chi connectivity index (χ1) is 10.5. The normalized spacial score (nSPS) is 15.3. The second kappa shape index (κ2) is 7.59. The van der Waals surface area contributed by atoms with Gasteiger partial charge in [0.2, 0.25) is 0 Å². The molecule has 2 aromatic rings. The van der Waals surface area contributed by atoms with Gasteiger partial charge >= 0.3 is 7.75 Å². The molecule has 2 atom stereocenters. The molecule has 0 aliphatic heterocycles. The van der Waals surface area contributed by atoms with Crippen LogP contribution in [-0.4, -0.2) is 6.10 Å². The van der Waals surface area contributed by atoms with E-state index in [-0.39, 0.29) is 12.1 Å². The lowest BCUT2D eigenvalue weighted by atomic mass is 10.1. The highest BCUT2D eigenvalue weighted by Gasteiger charge is 2.30. The predicted octanol–water partition coefficient (Wildman–Crippen LogP) is 4.95. The number of para-hydroxylation sites is 1. The quantitative estimate of drug-likeness (QED) is 0.734. The molecule has 0 saturated heterocycles. The minimum absolute atomic E-state index is 0.158. The molecule has 0 bridgehead atoms. The molecule has 5 heteroatoms. The van der Waals surface area contributed by atoms with Crippen LogP contribution >= 0.6 is 7.75 Å². The number of rotatable bonds is 7. The van der Waals surface area contributed by atoms with Crippen molar-refractivity contribution in [2.75, 3.05) is 0 Å². The lowest BCUT2D eigenvalue weighted by Gasteiger charge is -2.25. The van der Waals surface area contributed by atoms with E-state index in [1.54, 1.807) is 12.1 Å². The topological polar surface area (TPSA) is 47.6 Å². The SMILES string of the molecule is CC(C)OP(=O)(NC(C)c1ccccc1)Oc1ccccc1. The molecule has 0 amide bonds. The lowest BCUT2D eigenvalue weighted by molar-refractivity contribution is 0.199. The Morgan fingerprint density at radius 2 is 1.45 bits per heavy atom. The van der Waals surface area contributed by atoms with Crippen molar-refractivity contribution in [2.45, 2.75) is 32.9 Å². The van der Waals surface area contributed by atoms with Gasteiger partial charge in [0.25, 0.3) is 0 Å². The number of hydrogen-bond donors (Lipinski definition) is 1. The summed E-state index contributed by atoms with van der Waals surface area (Å²) in [7, 11) is -3.47. The molecule has 1 N–H and O–H groups in total. The number of benzene rings is 2. The molecule has 0 fully saturated rings. The fraction of sp³-hybridized carbons (Fsp3) is 0.294. The molecule has 0 aromatic heterocycles. The Morgan fingerprint density at radius 1 is 0.909 bits per heavy atom. The van der Waals surface area contributed by atoms with Crippen LogP contribution in [0.1, 0.15) is 32.4 Å². The third-order valence-electron chi connectivity index (χ3n) is 2.97. The van der Waals surface area contributed by atoms with Gasteiger partial charge in [-0.1, -0.05) is 48.5 Å². The van der Waals surface area contributed by atoms with E-state index >= 15 is 0 Å². The van der Waals surface area contributed by atoms with E-state index in [0.717, 1.165) is 5.56 Å². The second-order valence-electron chi connectivity index (χ2n) is 5.32. The van der Waals surface area contributed by atoms with Crippen molar-refractivity contribution in [1.29, 1.82) is 0 Å². The monoisotopic (exact) mass is 319 g/mol. The first-order valence-electron chi connectivity index (χ1n) is 7.34. The van der Waals surface area contributed by atoms with Crippen molar-refractivity contribution in [3.05, 3.63) is 66.2 Å². The molecule has 0 spiro atoms. The van der Waals surface area contributed by atoms with E-state index in [0.29, 0.717) is 5.75 Å². The molecule has 0 saturated carbocycles. The zero-order valence-corrected chi connectivity index (χ0v) is 14.0. The highest BCUT2D eigenvalue weighted by molar-refractivity contribution is 7.52. The lowest BCUT2D eigenvalue weighted by Crippen LogP contribution is -2.22. The summed E-state index contributed by atoms with van der Waals surface area (Å²) in [6, 6.07) is 18.7. The molecular weight excluding hydrogens is 297 g/mol. The fourth-order valence-corrected chi connectivity index (χ4v) is 3.76. The summed E-state index contributed by atoms with van der Waals surface area (Å²) < 4.78 is 24.2. The summed E-state index contributed by atoms with van der Waals surface area (Å²) in [6.45, 7) is 5.59. The molecule has 118 valence electrons. The van der Waals surface area contributed by atoms with Crippen molar-refractivity contribution in [2.24, 2.45) is 0 Å². The van der Waals surface area contributed by atoms with Crippen LogP contribution in [0.2, 0.25) is 0 Å². The summed E-state index contributed by atoms with van der Waals surface area (Å²) in [5.74, 6) is 0.513. The Hall–Kier alpha value is -1.61. The molecule has 0 radical (unpaired) electrons. The van der Waals surface area contributed by atoms with E-state index in [9.17, 15) is 4.57 Å². The van der Waals surface area contributed by atoms with Crippen LogP contribution in [0.4, 0.5) is 0 Å². The van der Waals surface area contributed by atoms with Gasteiger partial charge in [-0.2, -0.15) is 0 Å². The summed E-state index contributed by atoms with van der Waals surface area (Å²) >= 11 is 0. The molecule has 2 rings (SSSR count). The van der Waals surface area contributed by atoms with Crippen LogP contribution in [0.15, 0.2) is 60.7 Å². The molecular formula is C17H22NO3P. The molecule has 22 heavy (non-hydrogen) atoms. The van der Waals surface area contributed by atoms with Crippen molar-refractivity contribution in [3.63, 3.8) is 0 Å². The smallest absolute Gasteiger partial charge is 0.413 e. The maximum absolute atomic E-state index is 13.0. The van der Waals surface area contributed by atoms with Crippen LogP contribution in [-0.2, 0) is 9.09 Å². The predicted molar refractivity (Wildman–Crippen MR) is 88.9 cm³/mol. The molecule has 2 aromatic carbocycles. The van der Waals surface area contributed by atoms with E-state index in [1.807, 2.05) is 69.3 Å². The fourth-order valence-electron chi connectivity index (χ4n) is 2.03. The van der Waals surface area contributed by atoms with Gasteiger partial charge in [-0.25, -0.2) is 9.65 Å². The van der Waals surface area contributed by atoms with Crippen LogP contribution in [0, 0.1) is 0 Å². The summed E-state index contributed by atoms with van der Waals surface area (Å²) in [5, 5.41) is 3.00. The van der Waals surface area contributed by atoms with Crippen molar-refractivity contribution in [3.8, 4) is 5.75 Å². The molecule has 0 aliphatic rings. The van der Waals surface area contributed by atoms with Crippen LogP contribution < -0.4 is 9.61 Å². The maximum Gasteiger partial charge on any atom is 0.459 e. The van der Waals surface area contributed by atoms with Gasteiger partial charge in [-0.05, 0) is 38.5 Å². The Kier molecular flexibility index (Phi) is 5.78. The first kappa shape index (κ1) is 16.8. The highest BCUT2D eigenvalue weighted by atomic mass is 31.2. The van der Waals surface area contributed by atoms with Gasteiger partial charge in [0.05, 0.1) is 6.10 Å². The Balaban J connectivity index is 2.16.